The van der Waals surface area contributed by atoms with Crippen LogP contribution >= 0.6 is 0 Å². The van der Waals surface area contributed by atoms with Crippen LogP contribution in [0, 0.1) is 13.8 Å². The van der Waals surface area contributed by atoms with Crippen LogP contribution in [0.25, 0.3) is 0 Å². The molecule has 3 nitrogen and oxygen atoms in total. The number of pyridine rings is 1. The minimum Gasteiger partial charge on any atom is -0.351 e. The quantitative estimate of drug-likeness (QED) is 0.902. The molecule has 0 bridgehead atoms. The summed E-state index contributed by atoms with van der Waals surface area (Å²) in [6, 6.07) is 3.45. The fraction of sp³-hybridized carbons (Fsp3) is 0.688. The van der Waals surface area contributed by atoms with Gasteiger partial charge < -0.3 is 10.2 Å². The van der Waals surface area contributed by atoms with Gasteiger partial charge in [-0.05, 0) is 58.7 Å². The third-order valence-electron chi connectivity index (χ3n) is 4.31. The van der Waals surface area contributed by atoms with Gasteiger partial charge in [-0.3, -0.25) is 0 Å². The van der Waals surface area contributed by atoms with Crippen molar-refractivity contribution in [1.29, 1.82) is 0 Å². The van der Waals surface area contributed by atoms with Crippen molar-refractivity contribution in [2.24, 2.45) is 0 Å². The minimum atomic E-state index is 0.606. The van der Waals surface area contributed by atoms with Gasteiger partial charge in [-0.15, -0.1) is 0 Å². The third-order valence-corrected chi connectivity index (χ3v) is 4.31. The maximum atomic E-state index is 4.87. The fourth-order valence-electron chi connectivity index (χ4n) is 3.31. The molecular formula is C16H27N3. The molecule has 1 aromatic rings. The summed E-state index contributed by atoms with van der Waals surface area (Å²) in [4.78, 5) is 7.43. The standard InChI is InChI=1S/C16H27N3/c1-6-14-8-7-13(4)19(14)16-15(10-17-5)11(2)9-12(3)18-16/h9,13-14,17H,6-8,10H2,1-5H3. The monoisotopic (exact) mass is 261 g/mol. The van der Waals surface area contributed by atoms with E-state index in [1.165, 1.54) is 36.2 Å². The van der Waals surface area contributed by atoms with Crippen LogP contribution in [0.2, 0.25) is 0 Å². The van der Waals surface area contributed by atoms with Crippen molar-refractivity contribution in [3.8, 4) is 0 Å². The number of nitrogens with one attached hydrogen (secondary N) is 1. The molecule has 0 spiro atoms. The number of nitrogens with zero attached hydrogens (tertiary/aromatic N) is 2. The molecule has 2 unspecified atom stereocenters. The maximum Gasteiger partial charge on any atom is 0.134 e. The van der Waals surface area contributed by atoms with Crippen LogP contribution < -0.4 is 10.2 Å². The molecule has 0 amide bonds. The molecule has 1 saturated heterocycles. The Morgan fingerprint density at radius 1 is 1.37 bits per heavy atom. The van der Waals surface area contributed by atoms with Crippen LogP contribution in [0.1, 0.15) is 49.9 Å². The molecule has 1 fully saturated rings. The van der Waals surface area contributed by atoms with Crippen molar-refractivity contribution in [2.75, 3.05) is 11.9 Å². The van der Waals surface area contributed by atoms with Crippen LogP contribution in [-0.4, -0.2) is 24.1 Å². The Morgan fingerprint density at radius 3 is 2.74 bits per heavy atom. The van der Waals surface area contributed by atoms with Crippen molar-refractivity contribution in [3.63, 3.8) is 0 Å². The van der Waals surface area contributed by atoms with E-state index in [9.17, 15) is 0 Å². The zero-order chi connectivity index (χ0) is 14.0. The molecule has 19 heavy (non-hydrogen) atoms. The van der Waals surface area contributed by atoms with E-state index >= 15 is 0 Å². The average molecular weight is 261 g/mol. The lowest BCUT2D eigenvalue weighted by molar-refractivity contribution is 0.614. The van der Waals surface area contributed by atoms with Gasteiger partial charge in [0.15, 0.2) is 0 Å². The first-order valence-corrected chi connectivity index (χ1v) is 7.48. The average Bonchev–Trinajstić information content (AvgIpc) is 2.73. The lowest BCUT2D eigenvalue weighted by Gasteiger charge is -2.32. The largest absolute Gasteiger partial charge is 0.351 e. The first-order chi connectivity index (χ1) is 9.08. The fourth-order valence-corrected chi connectivity index (χ4v) is 3.31. The van der Waals surface area contributed by atoms with Crippen molar-refractivity contribution in [2.45, 2.75) is 65.6 Å². The molecule has 0 aromatic carbocycles. The van der Waals surface area contributed by atoms with Crippen molar-refractivity contribution in [1.82, 2.24) is 10.3 Å². The number of aromatic nitrogens is 1. The number of rotatable bonds is 4. The Kier molecular flexibility index (Phi) is 4.46. The summed E-state index contributed by atoms with van der Waals surface area (Å²) in [6.45, 7) is 9.82. The van der Waals surface area contributed by atoms with Gasteiger partial charge in [0.25, 0.3) is 0 Å². The Morgan fingerprint density at radius 2 is 2.11 bits per heavy atom. The predicted molar refractivity (Wildman–Crippen MR) is 81.7 cm³/mol. The molecule has 0 saturated carbocycles. The van der Waals surface area contributed by atoms with E-state index in [1.807, 2.05) is 7.05 Å². The minimum absolute atomic E-state index is 0.606. The Balaban J connectivity index is 2.47. The van der Waals surface area contributed by atoms with Crippen LogP contribution in [0.15, 0.2) is 6.07 Å². The Labute approximate surface area is 117 Å². The number of hydrogen-bond donors (Lipinski definition) is 1. The summed E-state index contributed by atoms with van der Waals surface area (Å²) < 4.78 is 0. The highest BCUT2D eigenvalue weighted by Crippen LogP contribution is 2.34. The van der Waals surface area contributed by atoms with Crippen LogP contribution in [0.3, 0.4) is 0 Å². The van der Waals surface area contributed by atoms with E-state index in [4.69, 9.17) is 4.98 Å². The molecule has 106 valence electrons. The smallest absolute Gasteiger partial charge is 0.134 e. The summed E-state index contributed by atoms with van der Waals surface area (Å²) in [6.07, 6.45) is 3.79. The number of aryl methyl sites for hydroxylation is 2. The summed E-state index contributed by atoms with van der Waals surface area (Å²) in [5.41, 5.74) is 3.84. The van der Waals surface area contributed by atoms with Gasteiger partial charge in [0.2, 0.25) is 0 Å². The van der Waals surface area contributed by atoms with E-state index in [0.29, 0.717) is 12.1 Å². The SMILES string of the molecule is CCC1CCC(C)N1c1nc(C)cc(C)c1CNC. The second-order valence-corrected chi connectivity index (χ2v) is 5.81. The molecule has 3 heteroatoms. The van der Waals surface area contributed by atoms with Crippen LogP contribution in [0.4, 0.5) is 5.82 Å². The molecule has 1 N–H and O–H groups in total. The van der Waals surface area contributed by atoms with Crippen LogP contribution in [-0.2, 0) is 6.54 Å². The van der Waals surface area contributed by atoms with E-state index in [-0.39, 0.29) is 0 Å². The van der Waals surface area contributed by atoms with Gasteiger partial charge in [0.1, 0.15) is 5.82 Å². The highest BCUT2D eigenvalue weighted by Gasteiger charge is 2.32. The summed E-state index contributed by atoms with van der Waals surface area (Å²) in [5, 5.41) is 3.29. The van der Waals surface area contributed by atoms with E-state index in [2.05, 4.69) is 44.0 Å². The zero-order valence-corrected chi connectivity index (χ0v) is 13.0. The van der Waals surface area contributed by atoms with Gasteiger partial charge in [0, 0.05) is 29.9 Å². The molecule has 1 aliphatic rings. The van der Waals surface area contributed by atoms with E-state index in [0.717, 1.165) is 12.2 Å². The molecule has 2 atom stereocenters. The third kappa shape index (κ3) is 2.76. The molecule has 2 heterocycles. The van der Waals surface area contributed by atoms with Gasteiger partial charge in [-0.1, -0.05) is 6.92 Å². The van der Waals surface area contributed by atoms with Gasteiger partial charge in [-0.25, -0.2) is 4.98 Å². The highest BCUT2D eigenvalue weighted by atomic mass is 15.3. The lowest BCUT2D eigenvalue weighted by atomic mass is 10.1. The highest BCUT2D eigenvalue weighted by molar-refractivity contribution is 5.54. The molecule has 1 aromatic heterocycles. The number of hydrogen-bond acceptors (Lipinski definition) is 3. The van der Waals surface area contributed by atoms with Gasteiger partial charge in [0.05, 0.1) is 0 Å². The van der Waals surface area contributed by atoms with Crippen molar-refractivity contribution < 1.29 is 0 Å². The topological polar surface area (TPSA) is 28.2 Å². The first-order valence-electron chi connectivity index (χ1n) is 7.48. The van der Waals surface area contributed by atoms with Gasteiger partial charge in [-0.2, -0.15) is 0 Å². The first kappa shape index (κ1) is 14.3. The van der Waals surface area contributed by atoms with Gasteiger partial charge >= 0.3 is 0 Å². The lowest BCUT2D eigenvalue weighted by Crippen LogP contribution is -2.36. The Bertz CT molecular complexity index is 442. The maximum absolute atomic E-state index is 4.87. The number of anilines is 1. The van der Waals surface area contributed by atoms with E-state index < -0.39 is 0 Å². The second-order valence-electron chi connectivity index (χ2n) is 5.81. The summed E-state index contributed by atoms with van der Waals surface area (Å²) >= 11 is 0. The predicted octanol–water partition coefficient (Wildman–Crippen LogP) is 3.19. The van der Waals surface area contributed by atoms with Crippen LogP contribution in [0.5, 0.6) is 0 Å². The molecular weight excluding hydrogens is 234 g/mol. The molecule has 0 aliphatic carbocycles. The zero-order valence-electron chi connectivity index (χ0n) is 13.0. The summed E-state index contributed by atoms with van der Waals surface area (Å²) in [5.74, 6) is 1.21. The molecule has 0 radical (unpaired) electrons. The normalized spacial score (nSPS) is 23.1. The summed E-state index contributed by atoms with van der Waals surface area (Å²) in [7, 11) is 2.01. The molecule has 1 aliphatic heterocycles. The molecule has 2 rings (SSSR count). The van der Waals surface area contributed by atoms with Crippen molar-refractivity contribution >= 4 is 5.82 Å². The second kappa shape index (κ2) is 5.91. The van der Waals surface area contributed by atoms with E-state index in [1.54, 1.807) is 0 Å². The Hall–Kier alpha value is -1.09. The van der Waals surface area contributed by atoms with Crippen molar-refractivity contribution in [3.05, 3.63) is 22.9 Å².